The lowest BCUT2D eigenvalue weighted by Crippen LogP contribution is -1.85. The zero-order valence-electron chi connectivity index (χ0n) is 7.72. The number of rotatable bonds is 4. The summed E-state index contributed by atoms with van der Waals surface area (Å²) in [6.45, 7) is 7.98. The van der Waals surface area contributed by atoms with Gasteiger partial charge in [0.15, 0.2) is 0 Å². The highest BCUT2D eigenvalue weighted by Gasteiger charge is 1.93. The molecular weight excluding hydrogens is 134 g/mol. The van der Waals surface area contributed by atoms with Crippen molar-refractivity contribution in [3.63, 3.8) is 0 Å². The van der Waals surface area contributed by atoms with Crippen molar-refractivity contribution in [2.45, 2.75) is 26.7 Å². The molecule has 0 bridgehead atoms. The third kappa shape index (κ3) is 4.54. The molecule has 0 unspecified atom stereocenters. The van der Waals surface area contributed by atoms with Crippen LogP contribution in [0.3, 0.4) is 0 Å². The van der Waals surface area contributed by atoms with Gasteiger partial charge in [0.2, 0.25) is 0 Å². The first kappa shape index (κ1) is 10.2. The van der Waals surface area contributed by atoms with Crippen molar-refractivity contribution in [1.29, 1.82) is 0 Å². The molecule has 0 N–H and O–H groups in total. The molecule has 0 aliphatic heterocycles. The molecule has 1 heteroatoms. The highest BCUT2D eigenvalue weighted by atomic mass is 14.6. The van der Waals surface area contributed by atoms with Crippen LogP contribution in [0.25, 0.3) is 0 Å². The van der Waals surface area contributed by atoms with Gasteiger partial charge in [0.1, 0.15) is 0 Å². The molecule has 0 saturated carbocycles. The molecule has 0 aromatic rings. The molecule has 0 aromatic heterocycles. The van der Waals surface area contributed by atoms with E-state index in [2.05, 4.69) is 17.6 Å². The minimum absolute atomic E-state index is 1.02. The average molecular weight is 151 g/mol. The summed E-state index contributed by atoms with van der Waals surface area (Å²) in [5.41, 5.74) is 2.50. The van der Waals surface area contributed by atoms with Crippen molar-refractivity contribution in [3.05, 3.63) is 23.8 Å². The first-order valence-electron chi connectivity index (χ1n) is 3.94. The van der Waals surface area contributed by atoms with Crippen LogP contribution in [-0.4, -0.2) is 13.3 Å². The van der Waals surface area contributed by atoms with Gasteiger partial charge < -0.3 is 4.99 Å². The molecule has 0 radical (unpaired) electrons. The lowest BCUT2D eigenvalue weighted by atomic mass is 10.0. The summed E-state index contributed by atoms with van der Waals surface area (Å²) in [4.78, 5) is 3.92. The molecule has 62 valence electrons. The number of allylic oxidation sites excluding steroid dienone is 3. The Morgan fingerprint density at radius 3 is 2.55 bits per heavy atom. The van der Waals surface area contributed by atoms with E-state index in [0.29, 0.717) is 0 Å². The van der Waals surface area contributed by atoms with Gasteiger partial charge in [-0.3, -0.25) is 0 Å². The fourth-order valence-corrected chi connectivity index (χ4v) is 0.953. The standard InChI is InChI=1S/C10H17N/c1-5-10(9(2)3)7-6-8-11-4/h5,8H,2,6-7H2,1,3-4H3/b10-5+,11-8?. The smallest absolute Gasteiger partial charge is 0.0273 e. The Labute approximate surface area is 69.5 Å². The zero-order chi connectivity index (χ0) is 8.69. The van der Waals surface area contributed by atoms with Crippen LogP contribution >= 0.6 is 0 Å². The summed E-state index contributed by atoms with van der Waals surface area (Å²) < 4.78 is 0. The molecule has 0 aliphatic carbocycles. The second kappa shape index (κ2) is 5.90. The Bertz CT molecular complexity index is 175. The lowest BCUT2D eigenvalue weighted by Gasteiger charge is -2.02. The van der Waals surface area contributed by atoms with Crippen LogP contribution in [0, 0.1) is 0 Å². The lowest BCUT2D eigenvalue weighted by molar-refractivity contribution is 1.03. The van der Waals surface area contributed by atoms with E-state index in [4.69, 9.17) is 0 Å². The van der Waals surface area contributed by atoms with Crippen LogP contribution in [0.1, 0.15) is 26.7 Å². The molecule has 0 atom stereocenters. The molecular formula is C10H17N. The summed E-state index contributed by atoms with van der Waals surface area (Å²) >= 11 is 0. The van der Waals surface area contributed by atoms with Crippen LogP contribution in [0.5, 0.6) is 0 Å². The van der Waals surface area contributed by atoms with Crippen molar-refractivity contribution in [3.8, 4) is 0 Å². The minimum atomic E-state index is 1.02. The molecule has 0 saturated heterocycles. The normalized spacial score (nSPS) is 12.5. The van der Waals surface area contributed by atoms with Crippen LogP contribution in [0.2, 0.25) is 0 Å². The van der Waals surface area contributed by atoms with Gasteiger partial charge in [-0.15, -0.1) is 0 Å². The van der Waals surface area contributed by atoms with E-state index >= 15 is 0 Å². The highest BCUT2D eigenvalue weighted by Crippen LogP contribution is 2.12. The van der Waals surface area contributed by atoms with Crippen LogP contribution in [-0.2, 0) is 0 Å². The highest BCUT2D eigenvalue weighted by molar-refractivity contribution is 5.57. The molecule has 0 spiro atoms. The third-order valence-corrected chi connectivity index (χ3v) is 1.62. The van der Waals surface area contributed by atoms with E-state index in [1.54, 1.807) is 7.05 Å². The van der Waals surface area contributed by atoms with Gasteiger partial charge in [-0.1, -0.05) is 18.2 Å². The third-order valence-electron chi connectivity index (χ3n) is 1.62. The molecule has 0 aromatic carbocycles. The van der Waals surface area contributed by atoms with Crippen LogP contribution in [0.4, 0.5) is 0 Å². The quantitative estimate of drug-likeness (QED) is 0.432. The molecule has 0 rings (SSSR count). The Kier molecular flexibility index (Phi) is 5.44. The van der Waals surface area contributed by atoms with Crippen molar-refractivity contribution >= 4 is 6.21 Å². The van der Waals surface area contributed by atoms with E-state index in [9.17, 15) is 0 Å². The first-order chi connectivity index (χ1) is 5.22. The van der Waals surface area contributed by atoms with E-state index < -0.39 is 0 Å². The SMILES string of the molecule is C=C(C)/C(=C/C)CCC=NC. The Morgan fingerprint density at radius 1 is 1.55 bits per heavy atom. The summed E-state index contributed by atoms with van der Waals surface area (Å²) in [7, 11) is 1.80. The zero-order valence-corrected chi connectivity index (χ0v) is 7.72. The molecule has 0 aliphatic rings. The summed E-state index contributed by atoms with van der Waals surface area (Å²) in [6.07, 6.45) is 6.13. The number of hydrogen-bond donors (Lipinski definition) is 0. The van der Waals surface area contributed by atoms with E-state index in [-0.39, 0.29) is 0 Å². The van der Waals surface area contributed by atoms with E-state index in [1.807, 2.05) is 20.1 Å². The Hall–Kier alpha value is -0.850. The number of nitrogens with zero attached hydrogens (tertiary/aromatic N) is 1. The second-order valence-electron chi connectivity index (χ2n) is 2.57. The van der Waals surface area contributed by atoms with Crippen LogP contribution in [0.15, 0.2) is 28.8 Å². The Balaban J connectivity index is 3.82. The molecule has 0 heterocycles. The minimum Gasteiger partial charge on any atom is -0.301 e. The summed E-state index contributed by atoms with van der Waals surface area (Å²) in [5, 5.41) is 0. The molecule has 0 fully saturated rings. The maximum atomic E-state index is 3.92. The Morgan fingerprint density at radius 2 is 2.18 bits per heavy atom. The largest absolute Gasteiger partial charge is 0.301 e. The fourth-order valence-electron chi connectivity index (χ4n) is 0.953. The maximum absolute atomic E-state index is 3.92. The van der Waals surface area contributed by atoms with Crippen molar-refractivity contribution in [2.75, 3.05) is 7.05 Å². The van der Waals surface area contributed by atoms with Crippen molar-refractivity contribution < 1.29 is 0 Å². The van der Waals surface area contributed by atoms with Crippen molar-refractivity contribution in [1.82, 2.24) is 0 Å². The molecule has 1 nitrogen and oxygen atoms in total. The number of hydrogen-bond acceptors (Lipinski definition) is 1. The summed E-state index contributed by atoms with van der Waals surface area (Å²) in [5.74, 6) is 0. The second-order valence-corrected chi connectivity index (χ2v) is 2.57. The monoisotopic (exact) mass is 151 g/mol. The predicted molar refractivity (Wildman–Crippen MR) is 52.2 cm³/mol. The van der Waals surface area contributed by atoms with Gasteiger partial charge >= 0.3 is 0 Å². The van der Waals surface area contributed by atoms with Gasteiger partial charge in [0.05, 0.1) is 0 Å². The van der Waals surface area contributed by atoms with Crippen LogP contribution < -0.4 is 0 Å². The van der Waals surface area contributed by atoms with Gasteiger partial charge in [0, 0.05) is 7.05 Å². The maximum Gasteiger partial charge on any atom is 0.0273 e. The first-order valence-corrected chi connectivity index (χ1v) is 3.94. The van der Waals surface area contributed by atoms with E-state index in [0.717, 1.165) is 18.4 Å². The molecule has 0 amide bonds. The van der Waals surface area contributed by atoms with Crippen molar-refractivity contribution in [2.24, 2.45) is 4.99 Å². The fraction of sp³-hybridized carbons (Fsp3) is 0.500. The van der Waals surface area contributed by atoms with Gasteiger partial charge in [-0.2, -0.15) is 0 Å². The predicted octanol–water partition coefficient (Wildman–Crippen LogP) is 2.99. The van der Waals surface area contributed by atoms with Gasteiger partial charge in [-0.25, -0.2) is 0 Å². The average Bonchev–Trinajstić information content (AvgIpc) is 1.97. The van der Waals surface area contributed by atoms with Gasteiger partial charge in [-0.05, 0) is 38.5 Å². The topological polar surface area (TPSA) is 12.4 Å². The summed E-state index contributed by atoms with van der Waals surface area (Å²) in [6, 6.07) is 0. The van der Waals surface area contributed by atoms with Gasteiger partial charge in [0.25, 0.3) is 0 Å². The molecule has 11 heavy (non-hydrogen) atoms. The van der Waals surface area contributed by atoms with E-state index in [1.165, 1.54) is 5.57 Å². The number of aliphatic imine (C=N–C) groups is 1.